The van der Waals surface area contributed by atoms with E-state index in [1.165, 1.54) is 0 Å². The predicted octanol–water partition coefficient (Wildman–Crippen LogP) is 2.34. The second-order valence-corrected chi connectivity index (χ2v) is 4.39. The molecule has 1 atom stereocenters. The molecule has 0 aromatic carbocycles. The first-order chi connectivity index (χ1) is 6.85. The number of ether oxygens (including phenoxy) is 1. The van der Waals surface area contributed by atoms with E-state index >= 15 is 0 Å². The highest BCUT2D eigenvalue weighted by molar-refractivity contribution is 5.67. The average Bonchev–Trinajstić information content (AvgIpc) is 2.08. The van der Waals surface area contributed by atoms with E-state index < -0.39 is 11.7 Å². The van der Waals surface area contributed by atoms with Gasteiger partial charge in [-0.1, -0.05) is 18.9 Å². The molecule has 3 nitrogen and oxygen atoms in total. The van der Waals surface area contributed by atoms with Crippen LogP contribution in [0.1, 0.15) is 27.7 Å². The highest BCUT2D eigenvalue weighted by atomic mass is 16.6. The van der Waals surface area contributed by atoms with E-state index in [1.807, 2.05) is 33.8 Å². The normalized spacial score (nSPS) is 13.3. The molecule has 0 aliphatic carbocycles. The van der Waals surface area contributed by atoms with Gasteiger partial charge in [0.15, 0.2) is 0 Å². The molecule has 1 N–H and O–H groups in total. The van der Waals surface area contributed by atoms with Gasteiger partial charge in [0.1, 0.15) is 5.60 Å². The number of alkyl carbamates (subject to hydrolysis) is 1. The van der Waals surface area contributed by atoms with Gasteiger partial charge in [0.05, 0.1) is 0 Å². The smallest absolute Gasteiger partial charge is 0.407 e. The first-order valence-corrected chi connectivity index (χ1v) is 4.95. The van der Waals surface area contributed by atoms with Crippen LogP contribution in [0.25, 0.3) is 0 Å². The first-order valence-electron chi connectivity index (χ1n) is 4.95. The second-order valence-electron chi connectivity index (χ2n) is 4.39. The average molecular weight is 209 g/mol. The van der Waals surface area contributed by atoms with Gasteiger partial charge < -0.3 is 10.1 Å². The van der Waals surface area contributed by atoms with Crippen molar-refractivity contribution >= 4 is 6.09 Å². The van der Waals surface area contributed by atoms with Crippen LogP contribution >= 0.6 is 0 Å². The summed E-state index contributed by atoms with van der Waals surface area (Å²) in [5.41, 5.74) is -0.456. The van der Waals surface area contributed by atoms with Crippen LogP contribution < -0.4 is 5.32 Å². The third-order valence-corrected chi connectivity index (χ3v) is 1.49. The molecule has 0 saturated carbocycles. The Morgan fingerprint density at radius 1 is 1.60 bits per heavy atom. The van der Waals surface area contributed by atoms with Crippen molar-refractivity contribution in [2.24, 2.45) is 5.92 Å². The summed E-state index contributed by atoms with van der Waals surface area (Å²) in [6, 6.07) is 0. The van der Waals surface area contributed by atoms with Crippen LogP contribution in [-0.2, 0) is 4.74 Å². The van der Waals surface area contributed by atoms with Gasteiger partial charge in [0.25, 0.3) is 0 Å². The Morgan fingerprint density at radius 2 is 2.20 bits per heavy atom. The minimum absolute atomic E-state index is 0.202. The lowest BCUT2D eigenvalue weighted by Crippen LogP contribution is -2.34. The van der Waals surface area contributed by atoms with Gasteiger partial charge in [-0.3, -0.25) is 0 Å². The largest absolute Gasteiger partial charge is 0.444 e. The van der Waals surface area contributed by atoms with Crippen LogP contribution in [0.15, 0.2) is 12.2 Å². The van der Waals surface area contributed by atoms with Gasteiger partial charge in [-0.15, -0.1) is 6.42 Å². The standard InChI is InChI=1S/C12H19NO2/c1-6-7-8-10(2)9-13-11(14)15-12(3,4)5/h1,7-8,10H,9H2,2-5H3,(H,13,14)/b8-7+/t10-/m1/s1. The summed E-state index contributed by atoms with van der Waals surface area (Å²) < 4.78 is 5.08. The number of hydrogen-bond donors (Lipinski definition) is 1. The molecule has 0 spiro atoms. The van der Waals surface area contributed by atoms with Crippen molar-refractivity contribution in [1.29, 1.82) is 0 Å². The van der Waals surface area contributed by atoms with Crippen molar-refractivity contribution in [2.45, 2.75) is 33.3 Å². The van der Waals surface area contributed by atoms with Crippen LogP contribution in [0.2, 0.25) is 0 Å². The summed E-state index contributed by atoms with van der Waals surface area (Å²) in [5.74, 6) is 2.60. The Bertz CT molecular complexity index is 268. The highest BCUT2D eigenvalue weighted by Crippen LogP contribution is 2.06. The summed E-state index contributed by atoms with van der Waals surface area (Å²) in [4.78, 5) is 11.2. The van der Waals surface area contributed by atoms with E-state index in [9.17, 15) is 4.79 Å². The molecular formula is C12H19NO2. The maximum absolute atomic E-state index is 11.2. The summed E-state index contributed by atoms with van der Waals surface area (Å²) in [7, 11) is 0. The predicted molar refractivity (Wildman–Crippen MR) is 61.4 cm³/mol. The zero-order valence-electron chi connectivity index (χ0n) is 9.83. The monoisotopic (exact) mass is 209 g/mol. The molecule has 0 aromatic rings. The molecule has 0 bridgehead atoms. The van der Waals surface area contributed by atoms with Crippen LogP contribution in [0.3, 0.4) is 0 Å². The summed E-state index contributed by atoms with van der Waals surface area (Å²) in [6.45, 7) is 7.97. The Labute approximate surface area is 91.9 Å². The van der Waals surface area contributed by atoms with Crippen LogP contribution in [0.5, 0.6) is 0 Å². The fourth-order valence-electron chi connectivity index (χ4n) is 0.846. The maximum atomic E-state index is 11.2. The molecule has 0 rings (SSSR count). The number of nitrogens with one attached hydrogen (secondary N) is 1. The van der Waals surface area contributed by atoms with Crippen molar-refractivity contribution in [3.05, 3.63) is 12.2 Å². The number of allylic oxidation sites excluding steroid dienone is 1. The molecule has 0 heterocycles. The first kappa shape index (κ1) is 13.6. The highest BCUT2D eigenvalue weighted by Gasteiger charge is 2.15. The van der Waals surface area contributed by atoms with E-state index in [4.69, 9.17) is 11.2 Å². The summed E-state index contributed by atoms with van der Waals surface area (Å²) in [6.07, 6.45) is 8.15. The van der Waals surface area contributed by atoms with Crippen LogP contribution in [-0.4, -0.2) is 18.2 Å². The lowest BCUT2D eigenvalue weighted by Gasteiger charge is -2.20. The fourth-order valence-corrected chi connectivity index (χ4v) is 0.846. The Hall–Kier alpha value is -1.43. The molecule has 0 aliphatic rings. The topological polar surface area (TPSA) is 38.3 Å². The minimum atomic E-state index is -0.456. The van der Waals surface area contributed by atoms with Crippen molar-refractivity contribution in [3.8, 4) is 12.3 Å². The number of terminal acetylenes is 1. The lowest BCUT2D eigenvalue weighted by atomic mass is 10.1. The van der Waals surface area contributed by atoms with Gasteiger partial charge in [0.2, 0.25) is 0 Å². The molecule has 84 valence electrons. The molecule has 0 saturated heterocycles. The van der Waals surface area contributed by atoms with Crippen molar-refractivity contribution < 1.29 is 9.53 Å². The third kappa shape index (κ3) is 8.89. The van der Waals surface area contributed by atoms with Gasteiger partial charge in [-0.2, -0.15) is 0 Å². The maximum Gasteiger partial charge on any atom is 0.407 e. The van der Waals surface area contributed by atoms with E-state index in [-0.39, 0.29) is 5.92 Å². The number of rotatable bonds is 3. The van der Waals surface area contributed by atoms with Gasteiger partial charge in [0, 0.05) is 6.54 Å². The zero-order valence-corrected chi connectivity index (χ0v) is 9.83. The molecule has 15 heavy (non-hydrogen) atoms. The second kappa shape index (κ2) is 6.13. The zero-order chi connectivity index (χ0) is 11.9. The summed E-state index contributed by atoms with van der Waals surface area (Å²) >= 11 is 0. The molecule has 3 heteroatoms. The fraction of sp³-hybridized carbons (Fsp3) is 0.583. The molecule has 0 fully saturated rings. The van der Waals surface area contributed by atoms with Crippen molar-refractivity contribution in [3.63, 3.8) is 0 Å². The quantitative estimate of drug-likeness (QED) is 0.724. The number of carbonyl (C=O) groups excluding carboxylic acids is 1. The van der Waals surface area contributed by atoms with Gasteiger partial charge >= 0.3 is 6.09 Å². The lowest BCUT2D eigenvalue weighted by molar-refractivity contribution is 0.0523. The van der Waals surface area contributed by atoms with Crippen molar-refractivity contribution in [1.82, 2.24) is 5.32 Å². The third-order valence-electron chi connectivity index (χ3n) is 1.49. The number of amides is 1. The Morgan fingerprint density at radius 3 is 2.67 bits per heavy atom. The Balaban J connectivity index is 3.82. The van der Waals surface area contributed by atoms with Crippen LogP contribution in [0.4, 0.5) is 4.79 Å². The molecule has 0 aliphatic heterocycles. The Kier molecular flexibility index (Phi) is 5.54. The van der Waals surface area contributed by atoms with Gasteiger partial charge in [-0.05, 0) is 32.8 Å². The van der Waals surface area contributed by atoms with E-state index in [0.717, 1.165) is 0 Å². The SMILES string of the molecule is C#C/C=C/[C@@H](C)CNC(=O)OC(C)(C)C. The number of carbonyl (C=O) groups is 1. The van der Waals surface area contributed by atoms with Gasteiger partial charge in [-0.25, -0.2) is 4.79 Å². The van der Waals surface area contributed by atoms with Crippen molar-refractivity contribution in [2.75, 3.05) is 6.54 Å². The summed E-state index contributed by atoms with van der Waals surface area (Å²) in [5, 5.41) is 2.67. The molecule has 0 aromatic heterocycles. The van der Waals surface area contributed by atoms with E-state index in [2.05, 4.69) is 11.2 Å². The molecule has 0 radical (unpaired) electrons. The molecule has 1 amide bonds. The molecular weight excluding hydrogens is 190 g/mol. The van der Waals surface area contributed by atoms with E-state index in [0.29, 0.717) is 6.54 Å². The van der Waals surface area contributed by atoms with E-state index in [1.54, 1.807) is 6.08 Å². The molecule has 0 unspecified atom stereocenters. The minimum Gasteiger partial charge on any atom is -0.444 e. The van der Waals surface area contributed by atoms with Crippen LogP contribution in [0, 0.1) is 18.3 Å². The number of hydrogen-bond acceptors (Lipinski definition) is 2.